The van der Waals surface area contributed by atoms with Crippen LogP contribution in [-0.4, -0.2) is 11.3 Å². The van der Waals surface area contributed by atoms with E-state index in [4.69, 9.17) is 0 Å². The minimum Gasteiger partial charge on any atom is -0.298 e. The van der Waals surface area contributed by atoms with E-state index in [2.05, 4.69) is 4.98 Å². The van der Waals surface area contributed by atoms with Crippen molar-refractivity contribution in [1.29, 1.82) is 0 Å². The maximum atomic E-state index is 10.9. The van der Waals surface area contributed by atoms with Crippen LogP contribution in [0.1, 0.15) is 15.9 Å². The molecule has 1 heterocycles. The van der Waals surface area contributed by atoms with E-state index in [9.17, 15) is 4.79 Å². The Morgan fingerprint density at radius 3 is 2.67 bits per heavy atom. The van der Waals surface area contributed by atoms with Crippen LogP contribution in [0.15, 0.2) is 42.6 Å². The molecule has 0 fully saturated rings. The highest BCUT2D eigenvalue weighted by atomic mass is 16.1. The fourth-order valence-corrected chi connectivity index (χ4v) is 1.65. The van der Waals surface area contributed by atoms with Crippen molar-refractivity contribution in [3.05, 3.63) is 53.7 Å². The van der Waals surface area contributed by atoms with Gasteiger partial charge in [0.05, 0.1) is 5.69 Å². The van der Waals surface area contributed by atoms with Gasteiger partial charge in [0.25, 0.3) is 0 Å². The van der Waals surface area contributed by atoms with Crippen LogP contribution in [0.25, 0.3) is 11.3 Å². The average molecular weight is 197 g/mol. The molecule has 0 N–H and O–H groups in total. The molecule has 0 saturated carbocycles. The third kappa shape index (κ3) is 1.79. The molecule has 15 heavy (non-hydrogen) atoms. The van der Waals surface area contributed by atoms with Gasteiger partial charge in [-0.15, -0.1) is 0 Å². The Kier molecular flexibility index (Phi) is 2.59. The summed E-state index contributed by atoms with van der Waals surface area (Å²) < 4.78 is 0. The predicted molar refractivity (Wildman–Crippen MR) is 59.8 cm³/mol. The number of benzene rings is 1. The molecule has 0 amide bonds. The van der Waals surface area contributed by atoms with Crippen LogP contribution in [0.3, 0.4) is 0 Å². The van der Waals surface area contributed by atoms with E-state index >= 15 is 0 Å². The number of aromatic nitrogens is 1. The van der Waals surface area contributed by atoms with Gasteiger partial charge in [-0.25, -0.2) is 0 Å². The third-order valence-electron chi connectivity index (χ3n) is 2.35. The molecule has 2 nitrogen and oxygen atoms in total. The topological polar surface area (TPSA) is 30.0 Å². The van der Waals surface area contributed by atoms with Crippen molar-refractivity contribution in [2.45, 2.75) is 6.92 Å². The van der Waals surface area contributed by atoms with Gasteiger partial charge < -0.3 is 0 Å². The highest BCUT2D eigenvalue weighted by Gasteiger charge is 2.07. The van der Waals surface area contributed by atoms with Crippen molar-refractivity contribution < 1.29 is 4.79 Å². The number of nitrogens with zero attached hydrogens (tertiary/aromatic N) is 1. The summed E-state index contributed by atoms with van der Waals surface area (Å²) in [6, 6.07) is 11.4. The summed E-state index contributed by atoms with van der Waals surface area (Å²) in [4.78, 5) is 15.2. The molecule has 1 aromatic carbocycles. The van der Waals surface area contributed by atoms with E-state index in [1.165, 1.54) is 0 Å². The van der Waals surface area contributed by atoms with Gasteiger partial charge in [0.15, 0.2) is 6.29 Å². The maximum absolute atomic E-state index is 10.9. The van der Waals surface area contributed by atoms with Gasteiger partial charge in [-0.3, -0.25) is 9.78 Å². The number of hydrogen-bond acceptors (Lipinski definition) is 2. The fourth-order valence-electron chi connectivity index (χ4n) is 1.65. The molecule has 0 unspecified atom stereocenters. The van der Waals surface area contributed by atoms with Crippen LogP contribution in [0, 0.1) is 6.92 Å². The van der Waals surface area contributed by atoms with Crippen LogP contribution < -0.4 is 0 Å². The Morgan fingerprint density at radius 2 is 2.00 bits per heavy atom. The lowest BCUT2D eigenvalue weighted by molar-refractivity contribution is 0.112. The lowest BCUT2D eigenvalue weighted by Gasteiger charge is -2.07. The number of aryl methyl sites for hydroxylation is 1. The van der Waals surface area contributed by atoms with E-state index in [0.717, 1.165) is 23.1 Å². The quantitative estimate of drug-likeness (QED) is 0.693. The predicted octanol–water partition coefficient (Wildman–Crippen LogP) is 2.87. The Morgan fingerprint density at radius 1 is 1.13 bits per heavy atom. The lowest BCUT2D eigenvalue weighted by atomic mass is 9.99. The molecule has 2 heteroatoms. The molecule has 2 rings (SSSR count). The first-order valence-electron chi connectivity index (χ1n) is 4.79. The Hall–Kier alpha value is -1.96. The summed E-state index contributed by atoms with van der Waals surface area (Å²) in [5.41, 5.74) is 3.53. The van der Waals surface area contributed by atoms with Crippen LogP contribution in [0.4, 0.5) is 0 Å². The Balaban J connectivity index is 2.66. The molecule has 0 atom stereocenters. The number of pyridine rings is 1. The molecule has 0 aliphatic carbocycles. The molecule has 74 valence electrons. The molecule has 0 bridgehead atoms. The van der Waals surface area contributed by atoms with Gasteiger partial charge in [-0.1, -0.05) is 24.3 Å². The van der Waals surface area contributed by atoms with Gasteiger partial charge in [0.1, 0.15) is 0 Å². The van der Waals surface area contributed by atoms with Crippen molar-refractivity contribution in [3.63, 3.8) is 0 Å². The van der Waals surface area contributed by atoms with Crippen LogP contribution >= 0.6 is 0 Å². The lowest BCUT2D eigenvalue weighted by Crippen LogP contribution is -1.92. The molecule has 2 aromatic rings. The second kappa shape index (κ2) is 4.05. The molecule has 0 aliphatic heterocycles. The van der Waals surface area contributed by atoms with E-state index in [0.29, 0.717) is 5.56 Å². The second-order valence-electron chi connectivity index (χ2n) is 3.37. The van der Waals surface area contributed by atoms with Crippen LogP contribution in [-0.2, 0) is 0 Å². The zero-order valence-electron chi connectivity index (χ0n) is 8.47. The largest absolute Gasteiger partial charge is 0.298 e. The summed E-state index contributed by atoms with van der Waals surface area (Å²) in [5, 5.41) is 0. The Labute approximate surface area is 88.6 Å². The molecule has 0 spiro atoms. The first-order valence-corrected chi connectivity index (χ1v) is 4.79. The van der Waals surface area contributed by atoms with Gasteiger partial charge >= 0.3 is 0 Å². The minimum atomic E-state index is 0.689. The summed E-state index contributed by atoms with van der Waals surface area (Å²) in [6.07, 6.45) is 2.60. The molecular weight excluding hydrogens is 186 g/mol. The van der Waals surface area contributed by atoms with Gasteiger partial charge in [0.2, 0.25) is 0 Å². The third-order valence-corrected chi connectivity index (χ3v) is 2.35. The first kappa shape index (κ1) is 9.59. The highest BCUT2D eigenvalue weighted by Crippen LogP contribution is 2.24. The number of carbonyl (C=O) groups excluding carboxylic acids is 1. The second-order valence-corrected chi connectivity index (χ2v) is 3.37. The first-order chi connectivity index (χ1) is 7.33. The average Bonchev–Trinajstić information content (AvgIpc) is 2.29. The van der Waals surface area contributed by atoms with E-state index in [1.54, 1.807) is 6.20 Å². The SMILES string of the molecule is Cc1cccc(C=O)c1-c1ccccn1. The number of carbonyl (C=O) groups is 1. The van der Waals surface area contributed by atoms with Crippen molar-refractivity contribution >= 4 is 6.29 Å². The normalized spacial score (nSPS) is 9.93. The summed E-state index contributed by atoms with van der Waals surface area (Å²) in [7, 11) is 0. The smallest absolute Gasteiger partial charge is 0.150 e. The zero-order valence-corrected chi connectivity index (χ0v) is 8.47. The van der Waals surface area contributed by atoms with Gasteiger partial charge in [-0.05, 0) is 24.6 Å². The number of hydrogen-bond donors (Lipinski definition) is 0. The zero-order chi connectivity index (χ0) is 10.7. The molecule has 0 radical (unpaired) electrons. The summed E-state index contributed by atoms with van der Waals surface area (Å²) >= 11 is 0. The van der Waals surface area contributed by atoms with Crippen LogP contribution in [0.5, 0.6) is 0 Å². The van der Waals surface area contributed by atoms with E-state index in [-0.39, 0.29) is 0 Å². The highest BCUT2D eigenvalue weighted by molar-refractivity contribution is 5.87. The molecule has 1 aromatic heterocycles. The van der Waals surface area contributed by atoms with Crippen molar-refractivity contribution in [2.24, 2.45) is 0 Å². The summed E-state index contributed by atoms with van der Waals surface area (Å²) in [6.45, 7) is 1.98. The molecular formula is C13H11NO. The molecule has 0 aliphatic rings. The standard InChI is InChI=1S/C13H11NO/c1-10-5-4-6-11(9-15)13(10)12-7-2-3-8-14-12/h2-9H,1H3. The maximum Gasteiger partial charge on any atom is 0.150 e. The van der Waals surface area contributed by atoms with Crippen molar-refractivity contribution in [1.82, 2.24) is 4.98 Å². The van der Waals surface area contributed by atoms with Gasteiger partial charge in [-0.2, -0.15) is 0 Å². The van der Waals surface area contributed by atoms with E-state index < -0.39 is 0 Å². The van der Waals surface area contributed by atoms with E-state index in [1.807, 2.05) is 43.3 Å². The minimum absolute atomic E-state index is 0.689. The van der Waals surface area contributed by atoms with Crippen LogP contribution in [0.2, 0.25) is 0 Å². The number of rotatable bonds is 2. The Bertz CT molecular complexity index is 477. The van der Waals surface area contributed by atoms with Gasteiger partial charge in [0, 0.05) is 17.3 Å². The number of aldehydes is 1. The molecule has 0 saturated heterocycles. The fraction of sp³-hybridized carbons (Fsp3) is 0.0769. The monoisotopic (exact) mass is 197 g/mol. The summed E-state index contributed by atoms with van der Waals surface area (Å²) in [5.74, 6) is 0. The van der Waals surface area contributed by atoms with Crippen molar-refractivity contribution in [2.75, 3.05) is 0 Å². The van der Waals surface area contributed by atoms with Crippen molar-refractivity contribution in [3.8, 4) is 11.3 Å².